The summed E-state index contributed by atoms with van der Waals surface area (Å²) < 4.78 is 46.1. The van der Waals surface area contributed by atoms with Gasteiger partial charge < -0.3 is 35.5 Å². The van der Waals surface area contributed by atoms with Crippen LogP contribution in [-0.2, 0) is 33.9 Å². The number of aromatic nitrogens is 1. The van der Waals surface area contributed by atoms with E-state index in [1.165, 1.54) is 42.4 Å². The molecule has 0 spiro atoms. The van der Waals surface area contributed by atoms with Crippen LogP contribution in [0.5, 0.6) is 11.5 Å². The molecule has 1 aromatic heterocycles. The maximum Gasteiger partial charge on any atom is 0.408 e. The van der Waals surface area contributed by atoms with Crippen molar-refractivity contribution in [2.24, 2.45) is 16.6 Å². The van der Waals surface area contributed by atoms with Crippen molar-refractivity contribution in [1.29, 1.82) is 5.26 Å². The van der Waals surface area contributed by atoms with Gasteiger partial charge in [-0.3, -0.25) is 19.2 Å². The normalized spacial score (nSPS) is 22.5. The lowest BCUT2D eigenvalue weighted by Crippen LogP contribution is -2.58. The van der Waals surface area contributed by atoms with Crippen LogP contribution in [0.1, 0.15) is 46.5 Å². The molecule has 64 heavy (non-hydrogen) atoms. The number of nitrogens with zero attached hydrogens (tertiary/aromatic N) is 3. The van der Waals surface area contributed by atoms with E-state index >= 15 is 4.79 Å². The smallest absolute Gasteiger partial charge is 0.408 e. The number of amides is 4. The van der Waals surface area contributed by atoms with Crippen molar-refractivity contribution < 1.29 is 46.6 Å². The molecule has 0 radical (unpaired) electrons. The molecule has 7 rings (SSSR count). The van der Waals surface area contributed by atoms with Crippen molar-refractivity contribution in [3.8, 4) is 28.8 Å². The zero-order chi connectivity index (χ0) is 46.2. The number of rotatable bonds is 15. The van der Waals surface area contributed by atoms with Crippen molar-refractivity contribution in [1.82, 2.24) is 25.2 Å². The van der Waals surface area contributed by atoms with Gasteiger partial charge in [0.05, 0.1) is 47.3 Å². The third-order valence-electron chi connectivity index (χ3n) is 11.7. The lowest BCUT2D eigenvalue weighted by molar-refractivity contribution is -0.141. The third kappa shape index (κ3) is 8.86. The molecule has 2 heterocycles. The number of benzene rings is 3. The summed E-state index contributed by atoms with van der Waals surface area (Å²) in [5, 5.41) is 15.4. The maximum atomic E-state index is 15.1. The number of Topliss-reactive ketones (excluding diaryl/α,β-unsaturated/α-hetero) is 1. The second-order valence-electron chi connectivity index (χ2n) is 17.3. The number of nitrogens with one attached hydrogen (secondary N) is 3. The number of pyridine rings is 1. The summed E-state index contributed by atoms with van der Waals surface area (Å²) in [7, 11) is -2.88. The Kier molecular flexibility index (Phi) is 12.0. The summed E-state index contributed by atoms with van der Waals surface area (Å²) in [6, 6.07) is 22.6. The molecule has 17 nitrogen and oxygen atoms in total. The molecule has 4 amide bonds. The predicted octanol–water partition coefficient (Wildman–Crippen LogP) is 3.92. The minimum Gasteiger partial charge on any atom is -0.497 e. The van der Waals surface area contributed by atoms with Crippen LogP contribution >= 0.6 is 0 Å². The second-order valence-corrected chi connectivity index (χ2v) is 19.0. The van der Waals surface area contributed by atoms with E-state index < -0.39 is 86.3 Å². The van der Waals surface area contributed by atoms with Crippen molar-refractivity contribution in [3.05, 3.63) is 97.6 Å². The molecule has 2 aliphatic carbocycles. The van der Waals surface area contributed by atoms with Crippen LogP contribution < -0.4 is 30.6 Å². The molecule has 3 aromatic carbocycles. The van der Waals surface area contributed by atoms with E-state index in [1.54, 1.807) is 51.1 Å². The van der Waals surface area contributed by atoms with Gasteiger partial charge in [0.1, 0.15) is 40.2 Å². The Balaban J connectivity index is 1.24. The molecule has 4 aromatic rings. The van der Waals surface area contributed by atoms with Crippen molar-refractivity contribution in [2.75, 3.05) is 20.2 Å². The zero-order valence-electron chi connectivity index (χ0n) is 35.8. The number of fused-ring (bicyclic) bond motifs is 1. The van der Waals surface area contributed by atoms with Gasteiger partial charge in [0, 0.05) is 36.0 Å². The van der Waals surface area contributed by atoms with Crippen molar-refractivity contribution in [3.63, 3.8) is 0 Å². The van der Waals surface area contributed by atoms with Gasteiger partial charge >= 0.3 is 6.09 Å². The third-order valence-corrected chi connectivity index (χ3v) is 13.1. The number of likely N-dealkylation sites (tertiary alicyclic amines) is 1. The van der Waals surface area contributed by atoms with Crippen LogP contribution in [0.25, 0.3) is 22.2 Å². The number of nitrogens with two attached hydrogens (primary N) is 1. The number of carbonyl (C=O) groups excluding carboxylic acids is 5. The molecule has 3 aliphatic rings. The summed E-state index contributed by atoms with van der Waals surface area (Å²) in [4.78, 5) is 75.9. The van der Waals surface area contributed by atoms with Crippen molar-refractivity contribution in [2.45, 2.75) is 80.7 Å². The fourth-order valence-electron chi connectivity index (χ4n) is 7.95. The van der Waals surface area contributed by atoms with E-state index in [0.29, 0.717) is 40.9 Å². The Hall–Kier alpha value is -6.84. The maximum absolute atomic E-state index is 15.1. The van der Waals surface area contributed by atoms with E-state index in [0.717, 1.165) is 5.56 Å². The molecule has 2 saturated carbocycles. The Labute approximate surface area is 370 Å². The molecular formula is C46H49N7O10S. The lowest BCUT2D eigenvalue weighted by Gasteiger charge is -2.31. The minimum atomic E-state index is -4.41. The number of ether oxygens (including phenoxy) is 3. The molecule has 18 heteroatoms. The summed E-state index contributed by atoms with van der Waals surface area (Å²) in [5.74, 6) is -2.43. The molecule has 1 saturated heterocycles. The average Bonchev–Trinajstić information content (AvgIpc) is 4.16. The van der Waals surface area contributed by atoms with Crippen LogP contribution in [0.15, 0.2) is 102 Å². The van der Waals surface area contributed by atoms with Crippen LogP contribution in [0, 0.1) is 22.2 Å². The van der Waals surface area contributed by atoms with Gasteiger partial charge in [-0.05, 0) is 64.3 Å². The first-order chi connectivity index (χ1) is 30.3. The highest BCUT2D eigenvalue weighted by atomic mass is 32.2. The molecule has 5 atom stereocenters. The van der Waals surface area contributed by atoms with E-state index in [-0.39, 0.29) is 24.3 Å². The Morgan fingerprint density at radius 2 is 1.69 bits per heavy atom. The van der Waals surface area contributed by atoms with Gasteiger partial charge in [0.2, 0.25) is 11.8 Å². The number of sulfonamides is 1. The highest BCUT2D eigenvalue weighted by molar-refractivity contribution is 7.90. The van der Waals surface area contributed by atoms with Gasteiger partial charge in [-0.25, -0.2) is 22.9 Å². The SMILES string of the molecule is C=C[C@@]1(C(=O)[C@@H]2C[C@@H](Oc3cc(-c4ccccc4)nc4cc(OC)ccc34)CN2C(=O)[C@H](CNC(=O)C2(C#N)CC2)NC(=O)OC(C)(C)C)C[C@]1(N)C(=O)NS(=O)(=O)c1ccccc1. The number of hydrogen-bond acceptors (Lipinski definition) is 13. The van der Waals surface area contributed by atoms with Gasteiger partial charge in [0.25, 0.3) is 15.9 Å². The van der Waals surface area contributed by atoms with Gasteiger partial charge in [-0.1, -0.05) is 54.6 Å². The number of methoxy groups -OCH3 is 1. The quantitative estimate of drug-likeness (QED) is 0.124. The molecule has 3 fully saturated rings. The number of alkyl carbamates (subject to hydrolysis) is 1. The Morgan fingerprint density at radius 1 is 1.02 bits per heavy atom. The topological polar surface area (TPSA) is 249 Å². The molecule has 1 aliphatic heterocycles. The fourth-order valence-corrected chi connectivity index (χ4v) is 9.01. The number of ketones is 1. The van der Waals surface area contributed by atoms with Gasteiger partial charge in [0.15, 0.2) is 5.78 Å². The molecular weight excluding hydrogens is 843 g/mol. The van der Waals surface area contributed by atoms with Crippen LogP contribution in [-0.4, -0.2) is 97.4 Å². The first-order valence-corrected chi connectivity index (χ1v) is 22.1. The average molecular weight is 892 g/mol. The fraction of sp³-hybridized carbons (Fsp3) is 0.370. The van der Waals surface area contributed by atoms with E-state index in [2.05, 4.69) is 17.2 Å². The van der Waals surface area contributed by atoms with Crippen LogP contribution in [0.2, 0.25) is 0 Å². The summed E-state index contributed by atoms with van der Waals surface area (Å²) in [6.07, 6.45) is -0.560. The van der Waals surface area contributed by atoms with Crippen molar-refractivity contribution >= 4 is 50.5 Å². The Bertz CT molecular complexity index is 2680. The lowest BCUT2D eigenvalue weighted by atomic mass is 9.88. The highest BCUT2D eigenvalue weighted by Crippen LogP contribution is 2.58. The van der Waals surface area contributed by atoms with E-state index in [4.69, 9.17) is 24.9 Å². The molecule has 0 unspecified atom stereocenters. The highest BCUT2D eigenvalue weighted by Gasteiger charge is 2.74. The van der Waals surface area contributed by atoms with Gasteiger partial charge in [-0.15, -0.1) is 6.58 Å². The first kappa shape index (κ1) is 45.2. The van der Waals surface area contributed by atoms with Crippen LogP contribution in [0.3, 0.4) is 0 Å². The standard InChI is InChI=1S/C46H49N7O10S/c1-6-45(26-46(45,48)41(57)52-64(59,60)31-15-11-8-12-16-31)38(54)36-22-30(62-37-23-33(28-13-9-7-10-14-28)50-34-21-29(61-5)17-18-32(34)37)25-53(36)39(55)35(51-42(58)63-43(2,3)4)24-49-40(56)44(27-47)19-20-44/h6-18,21,23,30,35-36H,1,19-20,22,24-26,48H2,2-5H3,(H,49,56)(H,51,58)(H,52,57)/t30-,35+,36+,45+,46+/m1/s1. The summed E-state index contributed by atoms with van der Waals surface area (Å²) >= 11 is 0. The molecule has 334 valence electrons. The monoisotopic (exact) mass is 891 g/mol. The summed E-state index contributed by atoms with van der Waals surface area (Å²) in [5.41, 5.74) is 2.31. The Morgan fingerprint density at radius 3 is 2.30 bits per heavy atom. The van der Waals surface area contributed by atoms with Gasteiger partial charge in [-0.2, -0.15) is 5.26 Å². The minimum absolute atomic E-state index is 0.149. The zero-order valence-corrected chi connectivity index (χ0v) is 36.6. The number of carbonyl (C=O) groups is 5. The first-order valence-electron chi connectivity index (χ1n) is 20.6. The van der Waals surface area contributed by atoms with Crippen LogP contribution in [0.4, 0.5) is 4.79 Å². The number of nitriles is 1. The second kappa shape index (κ2) is 17.0. The summed E-state index contributed by atoms with van der Waals surface area (Å²) in [6.45, 7) is 7.98. The molecule has 0 bridgehead atoms. The van der Waals surface area contributed by atoms with E-state index in [1.807, 2.05) is 41.1 Å². The van der Waals surface area contributed by atoms with E-state index in [9.17, 15) is 32.9 Å². The molecule has 5 N–H and O–H groups in total. The number of hydrogen-bond donors (Lipinski definition) is 4. The predicted molar refractivity (Wildman–Crippen MR) is 233 cm³/mol. The largest absolute Gasteiger partial charge is 0.497 e.